The summed E-state index contributed by atoms with van der Waals surface area (Å²) in [6.45, 7) is 0. The molecule has 5 aromatic rings. The first-order chi connectivity index (χ1) is 14.3. The third kappa shape index (κ3) is 3.33. The summed E-state index contributed by atoms with van der Waals surface area (Å²) < 4.78 is 0. The van der Waals surface area contributed by atoms with Gasteiger partial charge >= 0.3 is 0 Å². The molecule has 138 valence electrons. The van der Waals surface area contributed by atoms with Crippen LogP contribution in [0.1, 0.15) is 0 Å². The van der Waals surface area contributed by atoms with Gasteiger partial charge in [0.2, 0.25) is 0 Å². The highest BCUT2D eigenvalue weighted by Crippen LogP contribution is 2.44. The molecule has 0 atom stereocenters. The zero-order valence-corrected chi connectivity index (χ0v) is 16.6. The van der Waals surface area contributed by atoms with E-state index < -0.39 is 0 Å². The van der Waals surface area contributed by atoms with Crippen LogP contribution in [0.15, 0.2) is 115 Å². The number of halogens is 1. The molecule has 0 heterocycles. The quantitative estimate of drug-likeness (QED) is 0.289. The molecule has 0 aliphatic carbocycles. The highest BCUT2D eigenvalue weighted by Gasteiger charge is 2.17. The number of fused-ring (bicyclic) bond motifs is 1. The molecule has 0 saturated carbocycles. The van der Waals surface area contributed by atoms with Crippen LogP contribution in [0.2, 0.25) is 5.02 Å². The van der Waals surface area contributed by atoms with Crippen LogP contribution in [0.3, 0.4) is 0 Å². The van der Waals surface area contributed by atoms with E-state index in [1.54, 1.807) is 0 Å². The predicted octanol–water partition coefficient (Wildman–Crippen LogP) is 8.49. The van der Waals surface area contributed by atoms with Crippen molar-refractivity contribution >= 4 is 22.4 Å². The highest BCUT2D eigenvalue weighted by molar-refractivity contribution is 6.30. The molecular weight excluding hydrogens is 372 g/mol. The van der Waals surface area contributed by atoms with Crippen LogP contribution in [0.5, 0.6) is 0 Å². The molecule has 1 heteroatoms. The Kier molecular flexibility index (Phi) is 4.63. The van der Waals surface area contributed by atoms with Gasteiger partial charge in [0.15, 0.2) is 0 Å². The minimum atomic E-state index is 0.749. The van der Waals surface area contributed by atoms with Crippen LogP contribution in [0.25, 0.3) is 44.2 Å². The van der Waals surface area contributed by atoms with Gasteiger partial charge in [-0.25, -0.2) is 0 Å². The van der Waals surface area contributed by atoms with Gasteiger partial charge in [0.25, 0.3) is 0 Å². The Labute approximate surface area is 176 Å². The fourth-order valence-electron chi connectivity index (χ4n) is 4.01. The maximum Gasteiger partial charge on any atom is 0.0406 e. The fraction of sp³-hybridized carbons (Fsp3) is 0. The summed E-state index contributed by atoms with van der Waals surface area (Å²) in [6.07, 6.45) is 0. The van der Waals surface area contributed by atoms with Gasteiger partial charge in [0.05, 0.1) is 0 Å². The standard InChI is InChI=1S/C28H19Cl/c29-24-17-15-22(16-18-24)27-25-14-8-7-13-23(25)19-26(20-9-3-1-4-10-20)28(27)21-11-5-2-6-12-21/h1-19H. The average Bonchev–Trinajstić information content (AvgIpc) is 2.79. The average molecular weight is 391 g/mol. The monoisotopic (exact) mass is 390 g/mol. The smallest absolute Gasteiger partial charge is 0.0406 e. The van der Waals surface area contributed by atoms with E-state index in [0.717, 1.165) is 5.02 Å². The summed E-state index contributed by atoms with van der Waals surface area (Å²) in [5, 5.41) is 3.22. The molecular formula is C28H19Cl. The molecule has 5 rings (SSSR count). The van der Waals surface area contributed by atoms with Crippen molar-refractivity contribution in [2.75, 3.05) is 0 Å². The molecule has 0 fully saturated rings. The van der Waals surface area contributed by atoms with Crippen molar-refractivity contribution in [1.29, 1.82) is 0 Å². The molecule has 0 aliphatic rings. The molecule has 0 saturated heterocycles. The number of rotatable bonds is 3. The summed E-state index contributed by atoms with van der Waals surface area (Å²) in [5.41, 5.74) is 7.32. The van der Waals surface area contributed by atoms with Crippen molar-refractivity contribution in [3.05, 3.63) is 120 Å². The Balaban J connectivity index is 1.96. The largest absolute Gasteiger partial charge is 0.0843 e. The second-order valence-electron chi connectivity index (χ2n) is 7.13. The number of benzene rings is 5. The Morgan fingerprint density at radius 2 is 1.00 bits per heavy atom. The van der Waals surface area contributed by atoms with Crippen LogP contribution in [0, 0.1) is 0 Å². The molecule has 5 aromatic carbocycles. The SMILES string of the molecule is Clc1ccc(-c2c(-c3ccccc3)c(-c3ccccc3)cc3ccccc23)cc1. The van der Waals surface area contributed by atoms with Gasteiger partial charge < -0.3 is 0 Å². The molecule has 0 radical (unpaired) electrons. The molecule has 0 unspecified atom stereocenters. The third-order valence-corrected chi connectivity index (χ3v) is 5.58. The summed E-state index contributed by atoms with van der Waals surface area (Å²) in [7, 11) is 0. The van der Waals surface area contributed by atoms with Gasteiger partial charge in [-0.05, 0) is 62.4 Å². The molecule has 0 amide bonds. The van der Waals surface area contributed by atoms with Crippen molar-refractivity contribution in [2.45, 2.75) is 0 Å². The van der Waals surface area contributed by atoms with E-state index in [-0.39, 0.29) is 0 Å². The zero-order chi connectivity index (χ0) is 19.6. The van der Waals surface area contributed by atoms with E-state index in [1.807, 2.05) is 12.1 Å². The van der Waals surface area contributed by atoms with Crippen LogP contribution in [0.4, 0.5) is 0 Å². The first-order valence-electron chi connectivity index (χ1n) is 9.74. The lowest BCUT2D eigenvalue weighted by Crippen LogP contribution is -1.93. The van der Waals surface area contributed by atoms with Gasteiger partial charge in [0.1, 0.15) is 0 Å². The van der Waals surface area contributed by atoms with Gasteiger partial charge in [-0.3, -0.25) is 0 Å². The fourth-order valence-corrected chi connectivity index (χ4v) is 4.14. The lowest BCUT2D eigenvalue weighted by Gasteiger charge is -2.19. The Morgan fingerprint density at radius 3 is 1.69 bits per heavy atom. The van der Waals surface area contributed by atoms with Crippen LogP contribution in [-0.4, -0.2) is 0 Å². The first kappa shape index (κ1) is 17.7. The molecule has 0 aliphatic heterocycles. The van der Waals surface area contributed by atoms with Crippen molar-refractivity contribution in [3.63, 3.8) is 0 Å². The van der Waals surface area contributed by atoms with Crippen LogP contribution in [-0.2, 0) is 0 Å². The van der Waals surface area contributed by atoms with Crippen molar-refractivity contribution in [1.82, 2.24) is 0 Å². The Hall–Kier alpha value is -3.35. The molecule has 0 nitrogen and oxygen atoms in total. The maximum atomic E-state index is 6.20. The number of hydrogen-bond donors (Lipinski definition) is 0. The number of hydrogen-bond acceptors (Lipinski definition) is 0. The predicted molar refractivity (Wildman–Crippen MR) is 125 cm³/mol. The van der Waals surface area contributed by atoms with Gasteiger partial charge in [-0.1, -0.05) is 109 Å². The van der Waals surface area contributed by atoms with Gasteiger partial charge in [-0.15, -0.1) is 0 Å². The zero-order valence-electron chi connectivity index (χ0n) is 15.8. The van der Waals surface area contributed by atoms with E-state index in [1.165, 1.54) is 44.2 Å². The van der Waals surface area contributed by atoms with Gasteiger partial charge in [-0.2, -0.15) is 0 Å². The van der Waals surface area contributed by atoms with E-state index in [2.05, 4.69) is 103 Å². The molecule has 0 bridgehead atoms. The summed E-state index contributed by atoms with van der Waals surface area (Å²) >= 11 is 6.20. The molecule has 0 N–H and O–H groups in total. The lowest BCUT2D eigenvalue weighted by molar-refractivity contribution is 1.58. The van der Waals surface area contributed by atoms with E-state index in [9.17, 15) is 0 Å². The second-order valence-corrected chi connectivity index (χ2v) is 7.57. The van der Waals surface area contributed by atoms with Crippen LogP contribution >= 0.6 is 11.6 Å². The van der Waals surface area contributed by atoms with Crippen molar-refractivity contribution < 1.29 is 0 Å². The summed E-state index contributed by atoms with van der Waals surface area (Å²) in [6, 6.07) is 40.4. The van der Waals surface area contributed by atoms with E-state index in [4.69, 9.17) is 11.6 Å². The summed E-state index contributed by atoms with van der Waals surface area (Å²) in [4.78, 5) is 0. The Morgan fingerprint density at radius 1 is 0.448 bits per heavy atom. The minimum absolute atomic E-state index is 0.749. The lowest BCUT2D eigenvalue weighted by atomic mass is 9.84. The van der Waals surface area contributed by atoms with E-state index in [0.29, 0.717) is 0 Å². The third-order valence-electron chi connectivity index (χ3n) is 5.33. The first-order valence-corrected chi connectivity index (χ1v) is 10.1. The maximum absolute atomic E-state index is 6.20. The van der Waals surface area contributed by atoms with Gasteiger partial charge in [0, 0.05) is 5.02 Å². The topological polar surface area (TPSA) is 0 Å². The summed E-state index contributed by atoms with van der Waals surface area (Å²) in [5.74, 6) is 0. The molecule has 29 heavy (non-hydrogen) atoms. The normalized spacial score (nSPS) is 10.9. The van der Waals surface area contributed by atoms with Crippen LogP contribution < -0.4 is 0 Å². The molecule has 0 spiro atoms. The van der Waals surface area contributed by atoms with E-state index >= 15 is 0 Å². The Bertz CT molecular complexity index is 1270. The van der Waals surface area contributed by atoms with Crippen molar-refractivity contribution in [2.24, 2.45) is 0 Å². The van der Waals surface area contributed by atoms with Crippen molar-refractivity contribution in [3.8, 4) is 33.4 Å². The highest BCUT2D eigenvalue weighted by atomic mass is 35.5. The molecule has 0 aromatic heterocycles. The minimum Gasteiger partial charge on any atom is -0.0843 e. The second kappa shape index (κ2) is 7.58.